The summed E-state index contributed by atoms with van der Waals surface area (Å²) in [7, 11) is 0. The van der Waals surface area contributed by atoms with E-state index in [1.165, 1.54) is 126 Å². The topological polar surface area (TPSA) is 0 Å². The van der Waals surface area contributed by atoms with Crippen LogP contribution in [0.4, 0.5) is 0 Å². The molecule has 3 aromatic rings. The Bertz CT molecular complexity index is 886. The Morgan fingerprint density at radius 3 is 0.902 bits per heavy atom. The third-order valence-corrected chi connectivity index (χ3v) is 8.87. The number of benzene rings is 3. The lowest BCUT2D eigenvalue weighted by atomic mass is 10.0. The van der Waals surface area contributed by atoms with E-state index in [9.17, 15) is 0 Å². The van der Waals surface area contributed by atoms with Crippen LogP contribution in [0.15, 0.2) is 91.0 Å². The predicted octanol–water partition coefficient (Wildman–Crippen LogP) is 11.9. The van der Waals surface area contributed by atoms with Gasteiger partial charge in [0.15, 0.2) is 0 Å². The van der Waals surface area contributed by atoms with E-state index in [1.54, 1.807) is 0 Å². The van der Waals surface area contributed by atoms with Gasteiger partial charge in [0.1, 0.15) is 19.6 Å². The molecule has 3 rings (SSSR count). The van der Waals surface area contributed by atoms with Crippen LogP contribution in [0.2, 0.25) is 0 Å². The minimum atomic E-state index is 0.832. The molecule has 0 saturated carbocycles. The van der Waals surface area contributed by atoms with Crippen molar-refractivity contribution < 1.29 is 4.48 Å². The summed E-state index contributed by atoms with van der Waals surface area (Å²) in [5.74, 6) is 0.832. The van der Waals surface area contributed by atoms with Crippen molar-refractivity contribution in [1.29, 1.82) is 0 Å². The van der Waals surface area contributed by atoms with Crippen LogP contribution in [0, 0.1) is 0 Å². The standard InChI is InChI=1S/C39H57ClN/c40-32-24-13-11-9-7-5-3-1-2-4-6-8-10-12-14-25-33-41(34-37-26-18-15-19-27-37,35-38-28-20-16-21-29-38)36-39-30-22-17-23-31-39/h15-23,26-31H,1-14,24-25,32-36H2/q+1. The van der Waals surface area contributed by atoms with Crippen LogP contribution in [0.3, 0.4) is 0 Å². The van der Waals surface area contributed by atoms with Gasteiger partial charge >= 0.3 is 0 Å². The largest absolute Gasteiger partial charge is 0.312 e. The number of rotatable bonds is 24. The molecule has 0 atom stereocenters. The highest BCUT2D eigenvalue weighted by Gasteiger charge is 2.28. The normalized spacial score (nSPS) is 11.6. The number of nitrogens with zero attached hydrogens (tertiary/aromatic N) is 1. The second kappa shape index (κ2) is 21.6. The van der Waals surface area contributed by atoms with E-state index in [-0.39, 0.29) is 0 Å². The lowest BCUT2D eigenvalue weighted by Gasteiger charge is -2.39. The monoisotopic (exact) mass is 574 g/mol. The summed E-state index contributed by atoms with van der Waals surface area (Å²) in [6.45, 7) is 4.47. The highest BCUT2D eigenvalue weighted by atomic mass is 35.5. The van der Waals surface area contributed by atoms with E-state index < -0.39 is 0 Å². The number of quaternary nitrogens is 1. The summed E-state index contributed by atoms with van der Waals surface area (Å²) in [5, 5.41) is 0. The molecular weight excluding hydrogens is 518 g/mol. The van der Waals surface area contributed by atoms with Gasteiger partial charge in [-0.05, 0) is 19.3 Å². The van der Waals surface area contributed by atoms with Gasteiger partial charge in [-0.1, -0.05) is 174 Å². The first-order chi connectivity index (χ1) is 20.3. The summed E-state index contributed by atoms with van der Waals surface area (Å²) in [6, 6.07) is 33.5. The third kappa shape index (κ3) is 15.1. The van der Waals surface area contributed by atoms with Gasteiger partial charge in [0.05, 0.1) is 6.54 Å². The van der Waals surface area contributed by atoms with Crippen molar-refractivity contribution in [2.24, 2.45) is 0 Å². The zero-order valence-corrected chi connectivity index (χ0v) is 26.6. The molecule has 0 aliphatic heterocycles. The van der Waals surface area contributed by atoms with Crippen molar-refractivity contribution in [1.82, 2.24) is 0 Å². The van der Waals surface area contributed by atoms with E-state index in [4.69, 9.17) is 11.6 Å². The van der Waals surface area contributed by atoms with Gasteiger partial charge < -0.3 is 4.48 Å². The Morgan fingerprint density at radius 1 is 0.341 bits per heavy atom. The summed E-state index contributed by atoms with van der Waals surface area (Å²) < 4.78 is 1.09. The molecule has 0 aliphatic carbocycles. The molecule has 41 heavy (non-hydrogen) atoms. The minimum absolute atomic E-state index is 0.832. The smallest absolute Gasteiger partial charge is 0.105 e. The maximum absolute atomic E-state index is 5.76. The van der Waals surface area contributed by atoms with E-state index in [0.29, 0.717) is 0 Å². The SMILES string of the molecule is ClCCCCCCCCCCCCCCCCCC[N+](Cc1ccccc1)(Cc1ccccc1)Cc1ccccc1. The number of halogens is 1. The minimum Gasteiger partial charge on any atom is -0.312 e. The Labute approximate surface area is 257 Å². The lowest BCUT2D eigenvalue weighted by molar-refractivity contribution is -0.966. The zero-order chi connectivity index (χ0) is 28.7. The van der Waals surface area contributed by atoms with Gasteiger partial charge in [-0.3, -0.25) is 0 Å². The van der Waals surface area contributed by atoms with Crippen LogP contribution in [-0.2, 0) is 19.6 Å². The molecular formula is C39H57ClN+. The van der Waals surface area contributed by atoms with Crippen LogP contribution < -0.4 is 0 Å². The maximum atomic E-state index is 5.76. The van der Waals surface area contributed by atoms with Crippen LogP contribution in [-0.4, -0.2) is 16.9 Å². The van der Waals surface area contributed by atoms with Crippen LogP contribution >= 0.6 is 11.6 Å². The Balaban J connectivity index is 1.39. The van der Waals surface area contributed by atoms with Crippen LogP contribution in [0.25, 0.3) is 0 Å². The third-order valence-electron chi connectivity index (χ3n) is 8.60. The highest BCUT2D eigenvalue weighted by molar-refractivity contribution is 6.17. The van der Waals surface area contributed by atoms with E-state index in [1.807, 2.05) is 0 Å². The summed E-state index contributed by atoms with van der Waals surface area (Å²) in [6.07, 6.45) is 22.2. The van der Waals surface area contributed by atoms with Crippen LogP contribution in [0.5, 0.6) is 0 Å². The molecule has 0 N–H and O–H groups in total. The first kappa shape index (κ1) is 33.4. The molecule has 0 amide bonds. The summed E-state index contributed by atoms with van der Waals surface area (Å²) >= 11 is 5.76. The molecule has 0 bridgehead atoms. The van der Waals surface area contributed by atoms with E-state index in [2.05, 4.69) is 91.0 Å². The molecule has 0 radical (unpaired) electrons. The van der Waals surface area contributed by atoms with Crippen LogP contribution in [0.1, 0.15) is 119 Å². The Morgan fingerprint density at radius 2 is 0.610 bits per heavy atom. The first-order valence-electron chi connectivity index (χ1n) is 16.8. The van der Waals surface area contributed by atoms with Crippen molar-refractivity contribution >= 4 is 11.6 Å². The second-order valence-electron chi connectivity index (χ2n) is 12.3. The molecule has 3 aromatic carbocycles. The molecule has 0 unspecified atom stereocenters. The lowest BCUT2D eigenvalue weighted by Crippen LogP contribution is -2.46. The average molecular weight is 575 g/mol. The highest BCUT2D eigenvalue weighted by Crippen LogP contribution is 2.26. The number of hydrogen-bond donors (Lipinski definition) is 0. The maximum Gasteiger partial charge on any atom is 0.105 e. The van der Waals surface area contributed by atoms with Gasteiger partial charge in [0, 0.05) is 22.6 Å². The fraction of sp³-hybridized carbons (Fsp3) is 0.538. The van der Waals surface area contributed by atoms with Gasteiger partial charge in [0.25, 0.3) is 0 Å². The molecule has 2 heteroatoms. The average Bonchev–Trinajstić information content (AvgIpc) is 3.00. The second-order valence-corrected chi connectivity index (χ2v) is 12.7. The summed E-state index contributed by atoms with van der Waals surface area (Å²) in [4.78, 5) is 0. The van der Waals surface area contributed by atoms with Crippen molar-refractivity contribution in [3.63, 3.8) is 0 Å². The van der Waals surface area contributed by atoms with Crippen molar-refractivity contribution in [3.8, 4) is 0 Å². The first-order valence-corrected chi connectivity index (χ1v) is 17.4. The quantitative estimate of drug-likeness (QED) is 0.0566. The molecule has 0 aromatic heterocycles. The van der Waals surface area contributed by atoms with Gasteiger partial charge in [0.2, 0.25) is 0 Å². The van der Waals surface area contributed by atoms with Gasteiger partial charge in [-0.15, -0.1) is 11.6 Å². The molecule has 224 valence electrons. The van der Waals surface area contributed by atoms with Gasteiger partial charge in [-0.25, -0.2) is 0 Å². The fourth-order valence-electron chi connectivity index (χ4n) is 6.33. The fourth-order valence-corrected chi connectivity index (χ4v) is 6.52. The molecule has 0 heterocycles. The van der Waals surface area contributed by atoms with Gasteiger partial charge in [-0.2, -0.15) is 0 Å². The number of unbranched alkanes of at least 4 members (excludes halogenated alkanes) is 15. The van der Waals surface area contributed by atoms with Crippen molar-refractivity contribution in [2.45, 2.75) is 122 Å². The predicted molar refractivity (Wildman–Crippen MR) is 180 cm³/mol. The molecule has 1 nitrogen and oxygen atoms in total. The van der Waals surface area contributed by atoms with Crippen molar-refractivity contribution in [3.05, 3.63) is 108 Å². The number of hydrogen-bond acceptors (Lipinski definition) is 0. The van der Waals surface area contributed by atoms with Crippen molar-refractivity contribution in [2.75, 3.05) is 12.4 Å². The Hall–Kier alpha value is -2.09. The number of alkyl halides is 1. The molecule has 0 saturated heterocycles. The Kier molecular flexibility index (Phi) is 17.6. The zero-order valence-electron chi connectivity index (χ0n) is 25.8. The van der Waals surface area contributed by atoms with E-state index >= 15 is 0 Å². The summed E-state index contributed by atoms with van der Waals surface area (Å²) in [5.41, 5.74) is 4.34. The van der Waals surface area contributed by atoms with E-state index in [0.717, 1.165) is 30.0 Å². The molecule has 0 fully saturated rings. The molecule has 0 spiro atoms. The molecule has 0 aliphatic rings.